The minimum Gasteiger partial charge on any atom is -0.504 e. The van der Waals surface area contributed by atoms with Gasteiger partial charge in [0.2, 0.25) is 5.88 Å². The summed E-state index contributed by atoms with van der Waals surface area (Å²) in [6, 6.07) is 1.29. The molecule has 0 bridgehead atoms. The van der Waals surface area contributed by atoms with Crippen LogP contribution in [0.15, 0.2) is 29.4 Å². The zero-order valence-electron chi connectivity index (χ0n) is 15.1. The fraction of sp³-hybridized carbons (Fsp3) is 0.438. The van der Waals surface area contributed by atoms with Crippen molar-refractivity contribution in [3.8, 4) is 11.6 Å². The molecule has 3 aromatic rings. The van der Waals surface area contributed by atoms with Crippen molar-refractivity contribution in [1.29, 1.82) is 0 Å². The van der Waals surface area contributed by atoms with Crippen LogP contribution in [-0.4, -0.2) is 78.3 Å². The first-order valence-electron chi connectivity index (χ1n) is 8.53. The maximum atomic E-state index is 11.1. The number of hydrogen-bond donors (Lipinski definition) is 6. The second-order valence-electron chi connectivity index (χ2n) is 6.27. The summed E-state index contributed by atoms with van der Waals surface area (Å²) >= 11 is 0. The Bertz CT molecular complexity index is 979. The highest BCUT2D eigenvalue weighted by Crippen LogP contribution is 2.35. The number of ether oxygens (including phenoxy) is 3. The van der Waals surface area contributed by atoms with Gasteiger partial charge in [-0.3, -0.25) is 0 Å². The lowest BCUT2D eigenvalue weighted by molar-refractivity contribution is -0.264. The smallest absolute Gasteiger partial charge is 0.269 e. The number of aromatic amines is 1. The van der Waals surface area contributed by atoms with E-state index in [1.807, 2.05) is 0 Å². The van der Waals surface area contributed by atoms with E-state index < -0.39 is 37.1 Å². The molecule has 0 aliphatic carbocycles. The maximum absolute atomic E-state index is 11.1. The SMILES string of the molecule is COC(N[C@]1(O)O[C@H](CO)[C@@H](O)[C@@H]1Oc1ncnc2nc[nH]c12)c1occc1O. The summed E-state index contributed by atoms with van der Waals surface area (Å²) < 4.78 is 21.5. The molecule has 0 aromatic carbocycles. The van der Waals surface area contributed by atoms with Crippen LogP contribution in [0.1, 0.15) is 12.0 Å². The van der Waals surface area contributed by atoms with Crippen molar-refractivity contribution < 1.29 is 39.1 Å². The van der Waals surface area contributed by atoms with E-state index in [2.05, 4.69) is 25.3 Å². The molecule has 0 radical (unpaired) electrons. The van der Waals surface area contributed by atoms with Crippen molar-refractivity contribution in [2.75, 3.05) is 13.7 Å². The summed E-state index contributed by atoms with van der Waals surface area (Å²) in [5.41, 5.74) is 0.648. The number of nitrogens with zero attached hydrogens (tertiary/aromatic N) is 3. The number of fused-ring (bicyclic) bond motifs is 1. The molecular formula is C16H19N5O8. The summed E-state index contributed by atoms with van der Waals surface area (Å²) in [6.45, 7) is -0.599. The summed E-state index contributed by atoms with van der Waals surface area (Å²) in [5, 5.41) is 43.6. The number of aromatic nitrogens is 4. The largest absolute Gasteiger partial charge is 0.504 e. The second kappa shape index (κ2) is 7.55. The van der Waals surface area contributed by atoms with Gasteiger partial charge in [-0.15, -0.1) is 0 Å². The molecule has 13 nitrogen and oxygen atoms in total. The van der Waals surface area contributed by atoms with Crippen LogP contribution in [0.25, 0.3) is 11.2 Å². The lowest BCUT2D eigenvalue weighted by Crippen LogP contribution is -2.58. The highest BCUT2D eigenvalue weighted by molar-refractivity contribution is 5.74. The van der Waals surface area contributed by atoms with E-state index in [0.29, 0.717) is 11.2 Å². The van der Waals surface area contributed by atoms with Crippen molar-refractivity contribution in [3.63, 3.8) is 0 Å². The normalized spacial score (nSPS) is 28.1. The maximum Gasteiger partial charge on any atom is 0.269 e. The Hall–Kier alpha value is -2.81. The fourth-order valence-corrected chi connectivity index (χ4v) is 3.09. The molecule has 0 saturated carbocycles. The number of aliphatic hydroxyl groups excluding tert-OH is 2. The number of H-pyrrole nitrogens is 1. The summed E-state index contributed by atoms with van der Waals surface area (Å²) in [4.78, 5) is 14.7. The summed E-state index contributed by atoms with van der Waals surface area (Å²) in [7, 11) is 1.30. The van der Waals surface area contributed by atoms with Crippen LogP contribution in [0.3, 0.4) is 0 Å². The zero-order chi connectivity index (χ0) is 20.6. The highest BCUT2D eigenvalue weighted by Gasteiger charge is 2.57. The third-order valence-corrected chi connectivity index (χ3v) is 4.50. The number of aliphatic hydroxyl groups is 3. The van der Waals surface area contributed by atoms with E-state index in [1.54, 1.807) is 0 Å². The van der Waals surface area contributed by atoms with Gasteiger partial charge in [0.25, 0.3) is 5.91 Å². The molecule has 6 N–H and O–H groups in total. The van der Waals surface area contributed by atoms with Crippen LogP contribution >= 0.6 is 0 Å². The van der Waals surface area contributed by atoms with E-state index in [0.717, 1.165) is 0 Å². The topological polar surface area (TPSA) is 188 Å². The molecule has 13 heteroatoms. The highest BCUT2D eigenvalue weighted by atomic mass is 16.7. The first-order chi connectivity index (χ1) is 14.0. The minimum absolute atomic E-state index is 0.00576. The molecule has 4 heterocycles. The predicted molar refractivity (Wildman–Crippen MR) is 92.3 cm³/mol. The second-order valence-corrected chi connectivity index (χ2v) is 6.27. The quantitative estimate of drug-likeness (QED) is 0.254. The Morgan fingerprint density at radius 1 is 1.38 bits per heavy atom. The van der Waals surface area contributed by atoms with Gasteiger partial charge in [0.1, 0.15) is 24.1 Å². The standard InChI is InChI=1S/C16H19N5O8/c1-26-15(11-7(23)2-3-27-11)21-16(25)12(10(24)8(4-22)29-16)28-14-9-13(18-5-17-9)19-6-20-14/h2-3,5-6,8,10,12,15,21-25H,4H2,1H3,(H,17,18,19,20)/t8-,10-,12+,15?,16-/m1/s1. The predicted octanol–water partition coefficient (Wildman–Crippen LogP) is -1.27. The third-order valence-electron chi connectivity index (χ3n) is 4.50. The Balaban J connectivity index is 1.66. The fourth-order valence-electron chi connectivity index (χ4n) is 3.09. The van der Waals surface area contributed by atoms with Crippen LogP contribution in [0.2, 0.25) is 0 Å². The van der Waals surface area contributed by atoms with Gasteiger partial charge in [-0.1, -0.05) is 0 Å². The van der Waals surface area contributed by atoms with Crippen LogP contribution < -0.4 is 10.1 Å². The Labute approximate surface area is 162 Å². The lowest BCUT2D eigenvalue weighted by Gasteiger charge is -2.32. The molecule has 3 aromatic heterocycles. The Morgan fingerprint density at radius 2 is 2.21 bits per heavy atom. The lowest BCUT2D eigenvalue weighted by atomic mass is 10.1. The van der Waals surface area contributed by atoms with Gasteiger partial charge in [-0.2, -0.15) is 4.98 Å². The molecule has 1 saturated heterocycles. The summed E-state index contributed by atoms with van der Waals surface area (Å²) in [5.74, 6) is -2.63. The van der Waals surface area contributed by atoms with Crippen molar-refractivity contribution in [1.82, 2.24) is 25.3 Å². The molecule has 1 unspecified atom stereocenters. The molecule has 1 aliphatic rings. The van der Waals surface area contributed by atoms with Gasteiger partial charge in [0.05, 0.1) is 19.2 Å². The minimum atomic E-state index is -2.36. The number of imidazole rings is 1. The Morgan fingerprint density at radius 3 is 2.90 bits per heavy atom. The first-order valence-corrected chi connectivity index (χ1v) is 8.53. The molecule has 4 rings (SSSR count). The number of hydrogen-bond acceptors (Lipinski definition) is 12. The van der Waals surface area contributed by atoms with Crippen LogP contribution in [0, 0.1) is 0 Å². The molecule has 0 amide bonds. The van der Waals surface area contributed by atoms with Crippen LogP contribution in [0.4, 0.5) is 0 Å². The number of methoxy groups -OCH3 is 1. The van der Waals surface area contributed by atoms with Crippen molar-refractivity contribution in [3.05, 3.63) is 30.7 Å². The van der Waals surface area contributed by atoms with Gasteiger partial charge < -0.3 is 44.0 Å². The Kier molecular flexibility index (Phi) is 5.08. The molecule has 0 spiro atoms. The number of nitrogens with one attached hydrogen (secondary N) is 2. The third kappa shape index (κ3) is 3.39. The van der Waals surface area contributed by atoms with E-state index >= 15 is 0 Å². The van der Waals surface area contributed by atoms with E-state index in [4.69, 9.17) is 18.6 Å². The van der Waals surface area contributed by atoms with Gasteiger partial charge >= 0.3 is 0 Å². The monoisotopic (exact) mass is 409 g/mol. The van der Waals surface area contributed by atoms with Crippen LogP contribution in [-0.2, 0) is 9.47 Å². The molecule has 1 fully saturated rings. The first kappa shape index (κ1) is 19.5. The van der Waals surface area contributed by atoms with Crippen molar-refractivity contribution >= 4 is 11.2 Å². The van der Waals surface area contributed by atoms with E-state index in [-0.39, 0.29) is 17.4 Å². The van der Waals surface area contributed by atoms with E-state index in [9.17, 15) is 20.4 Å². The number of rotatable bonds is 7. The van der Waals surface area contributed by atoms with Gasteiger partial charge in [0.15, 0.2) is 29.5 Å². The van der Waals surface area contributed by atoms with Crippen molar-refractivity contribution in [2.45, 2.75) is 30.5 Å². The molecular weight excluding hydrogens is 390 g/mol. The van der Waals surface area contributed by atoms with E-state index in [1.165, 1.54) is 32.1 Å². The average Bonchev–Trinajstić information content (AvgIpc) is 3.41. The average molecular weight is 409 g/mol. The van der Waals surface area contributed by atoms with Gasteiger partial charge in [-0.05, 0) is 0 Å². The number of furan rings is 1. The van der Waals surface area contributed by atoms with Crippen molar-refractivity contribution in [2.24, 2.45) is 0 Å². The zero-order valence-corrected chi connectivity index (χ0v) is 15.1. The van der Waals surface area contributed by atoms with Gasteiger partial charge in [0, 0.05) is 13.2 Å². The number of aromatic hydroxyl groups is 1. The molecule has 29 heavy (non-hydrogen) atoms. The molecule has 5 atom stereocenters. The summed E-state index contributed by atoms with van der Waals surface area (Å²) in [6.07, 6.45) is -1.45. The molecule has 1 aliphatic heterocycles. The van der Waals surface area contributed by atoms with Crippen LogP contribution in [0.5, 0.6) is 11.6 Å². The molecule has 156 valence electrons. The van der Waals surface area contributed by atoms with Gasteiger partial charge in [-0.25, -0.2) is 15.3 Å².